The van der Waals surface area contributed by atoms with Gasteiger partial charge in [0.15, 0.2) is 6.10 Å². The summed E-state index contributed by atoms with van der Waals surface area (Å²) in [4.78, 5) is 41.8. The number of hydrogen-bond donors (Lipinski definition) is 1. The van der Waals surface area contributed by atoms with Crippen LogP contribution in [0.3, 0.4) is 0 Å². The van der Waals surface area contributed by atoms with Crippen LogP contribution >= 0.6 is 11.3 Å². The molecule has 1 N–H and O–H groups in total. The zero-order chi connectivity index (χ0) is 19.7. The van der Waals surface area contributed by atoms with Gasteiger partial charge >= 0.3 is 11.9 Å². The fourth-order valence-electron chi connectivity index (χ4n) is 3.47. The van der Waals surface area contributed by atoms with Gasteiger partial charge in [-0.2, -0.15) is 0 Å². The summed E-state index contributed by atoms with van der Waals surface area (Å²) >= 11 is 1.45. The second-order valence-electron chi connectivity index (χ2n) is 6.79. The number of aromatic nitrogens is 1. The Labute approximate surface area is 161 Å². The van der Waals surface area contributed by atoms with Crippen molar-refractivity contribution in [1.82, 2.24) is 4.98 Å². The predicted octanol–water partition coefficient (Wildman–Crippen LogP) is 3.79. The molecule has 3 rings (SSSR count). The molecule has 0 amide bonds. The Balaban J connectivity index is 1.75. The second kappa shape index (κ2) is 7.68. The van der Waals surface area contributed by atoms with Crippen LogP contribution in [0, 0.1) is 13.8 Å². The molecule has 0 saturated heterocycles. The number of ether oxygens (including phenoxy) is 2. The normalized spacial score (nSPS) is 14.4. The molecule has 6 nitrogen and oxygen atoms in total. The summed E-state index contributed by atoms with van der Waals surface area (Å²) in [5.74, 6) is -1.36. The Kier molecular flexibility index (Phi) is 5.51. The molecule has 0 aliphatic heterocycles. The SMILES string of the molecule is COC(=O)c1c(C)[nH]c(C(=O)[C@@H](C)OC(=O)c2cc3c(s2)CCCC3)c1C. The Bertz CT molecular complexity index is 884. The quantitative estimate of drug-likeness (QED) is 0.621. The van der Waals surface area contributed by atoms with Crippen molar-refractivity contribution in [1.29, 1.82) is 0 Å². The molecule has 0 fully saturated rings. The first-order valence-corrected chi connectivity index (χ1v) is 9.79. The highest BCUT2D eigenvalue weighted by atomic mass is 32.1. The van der Waals surface area contributed by atoms with E-state index in [1.165, 1.54) is 28.9 Å². The molecule has 2 heterocycles. The monoisotopic (exact) mass is 389 g/mol. The van der Waals surface area contributed by atoms with Crippen LogP contribution in [-0.2, 0) is 22.3 Å². The van der Waals surface area contributed by atoms with Crippen LogP contribution in [0.1, 0.15) is 72.0 Å². The van der Waals surface area contributed by atoms with Gasteiger partial charge in [0.05, 0.1) is 18.4 Å². The molecule has 0 spiro atoms. The first kappa shape index (κ1) is 19.4. The average Bonchev–Trinajstić information content (AvgIpc) is 3.21. The van der Waals surface area contributed by atoms with Gasteiger partial charge in [-0.05, 0) is 63.6 Å². The highest BCUT2D eigenvalue weighted by Gasteiger charge is 2.28. The highest BCUT2D eigenvalue weighted by Crippen LogP contribution is 2.30. The maximum absolute atomic E-state index is 12.7. The average molecular weight is 389 g/mol. The predicted molar refractivity (Wildman–Crippen MR) is 102 cm³/mol. The van der Waals surface area contributed by atoms with Crippen LogP contribution in [0.5, 0.6) is 0 Å². The molecule has 2 aromatic rings. The van der Waals surface area contributed by atoms with Crippen molar-refractivity contribution in [2.75, 3.05) is 7.11 Å². The van der Waals surface area contributed by atoms with Crippen LogP contribution in [0.15, 0.2) is 6.07 Å². The third kappa shape index (κ3) is 3.69. The first-order valence-electron chi connectivity index (χ1n) is 8.97. The van der Waals surface area contributed by atoms with Gasteiger partial charge in [-0.25, -0.2) is 9.59 Å². The number of rotatable bonds is 5. The van der Waals surface area contributed by atoms with E-state index in [9.17, 15) is 14.4 Å². The smallest absolute Gasteiger partial charge is 0.349 e. The number of Topliss-reactive ketones (excluding diaryl/α,β-unsaturated/α-hetero) is 1. The lowest BCUT2D eigenvalue weighted by molar-refractivity contribution is 0.0321. The number of esters is 2. The Hall–Kier alpha value is -2.41. The van der Waals surface area contributed by atoms with Gasteiger partial charge in [-0.15, -0.1) is 11.3 Å². The van der Waals surface area contributed by atoms with Crippen LogP contribution < -0.4 is 0 Å². The van der Waals surface area contributed by atoms with Gasteiger partial charge < -0.3 is 14.5 Å². The Morgan fingerprint density at radius 1 is 1.15 bits per heavy atom. The molecular weight excluding hydrogens is 366 g/mol. The lowest BCUT2D eigenvalue weighted by Crippen LogP contribution is -2.25. The minimum atomic E-state index is -0.959. The maximum Gasteiger partial charge on any atom is 0.349 e. The molecule has 0 bridgehead atoms. The summed E-state index contributed by atoms with van der Waals surface area (Å²) in [5, 5.41) is 0. The third-order valence-corrected chi connectivity index (χ3v) is 6.14. The van der Waals surface area contributed by atoms with Gasteiger partial charge in [-0.3, -0.25) is 4.79 Å². The molecule has 0 saturated carbocycles. The largest absolute Gasteiger partial charge is 0.465 e. The maximum atomic E-state index is 12.7. The van der Waals surface area contributed by atoms with Crippen molar-refractivity contribution in [2.45, 2.75) is 52.6 Å². The molecule has 1 atom stereocenters. The number of thiophene rings is 1. The van der Waals surface area contributed by atoms with Crippen molar-refractivity contribution in [2.24, 2.45) is 0 Å². The van der Waals surface area contributed by atoms with Crippen molar-refractivity contribution in [3.63, 3.8) is 0 Å². The highest BCUT2D eigenvalue weighted by molar-refractivity contribution is 7.14. The van der Waals surface area contributed by atoms with E-state index in [0.717, 1.165) is 25.7 Å². The fourth-order valence-corrected chi connectivity index (χ4v) is 4.61. The molecule has 1 aliphatic rings. The number of aromatic amines is 1. The number of methoxy groups -OCH3 is 1. The van der Waals surface area contributed by atoms with Crippen molar-refractivity contribution < 1.29 is 23.9 Å². The fraction of sp³-hybridized carbons (Fsp3) is 0.450. The van der Waals surface area contributed by atoms with Gasteiger partial charge in [0.1, 0.15) is 4.88 Å². The number of nitrogens with one attached hydrogen (secondary N) is 1. The number of hydrogen-bond acceptors (Lipinski definition) is 6. The number of carbonyl (C=O) groups excluding carboxylic acids is 3. The van der Waals surface area contributed by atoms with E-state index in [2.05, 4.69) is 4.98 Å². The molecular formula is C20H23NO5S. The van der Waals surface area contributed by atoms with Gasteiger partial charge in [0.2, 0.25) is 5.78 Å². The molecule has 0 unspecified atom stereocenters. The zero-order valence-electron chi connectivity index (χ0n) is 15.9. The number of H-pyrrole nitrogens is 1. The van der Waals surface area contributed by atoms with Crippen LogP contribution in [0.25, 0.3) is 0 Å². The van der Waals surface area contributed by atoms with Crippen molar-refractivity contribution >= 4 is 29.1 Å². The summed E-state index contributed by atoms with van der Waals surface area (Å²) in [6.07, 6.45) is 3.31. The minimum absolute atomic E-state index is 0.263. The Morgan fingerprint density at radius 2 is 1.85 bits per heavy atom. The van der Waals surface area contributed by atoms with Crippen molar-refractivity contribution in [3.05, 3.63) is 43.9 Å². The van der Waals surface area contributed by atoms with E-state index in [-0.39, 0.29) is 11.5 Å². The lowest BCUT2D eigenvalue weighted by atomic mass is 9.99. The first-order chi connectivity index (χ1) is 12.8. The third-order valence-electron chi connectivity index (χ3n) is 4.92. The summed E-state index contributed by atoms with van der Waals surface area (Å²) in [6.45, 7) is 4.91. The molecule has 27 heavy (non-hydrogen) atoms. The summed E-state index contributed by atoms with van der Waals surface area (Å²) in [7, 11) is 1.29. The molecule has 7 heteroatoms. The van der Waals surface area contributed by atoms with E-state index in [1.54, 1.807) is 20.8 Å². The molecule has 144 valence electrons. The topological polar surface area (TPSA) is 85.5 Å². The zero-order valence-corrected chi connectivity index (χ0v) is 16.7. The van der Waals surface area contributed by atoms with E-state index >= 15 is 0 Å². The van der Waals surface area contributed by atoms with E-state index < -0.39 is 18.0 Å². The molecule has 0 radical (unpaired) electrons. The van der Waals surface area contributed by atoms with Gasteiger partial charge in [0, 0.05) is 10.6 Å². The number of fused-ring (bicyclic) bond motifs is 1. The Morgan fingerprint density at radius 3 is 2.52 bits per heavy atom. The van der Waals surface area contributed by atoms with E-state index in [1.807, 2.05) is 6.07 Å². The standard InChI is InChI=1S/C20H23NO5S/c1-10-16(20(24)25-4)11(2)21-17(10)18(22)12(3)26-19(23)15-9-13-7-5-6-8-14(13)27-15/h9,12,21H,5-8H2,1-4H3/t12-/m1/s1. The lowest BCUT2D eigenvalue weighted by Gasteiger charge is -2.11. The molecule has 1 aliphatic carbocycles. The molecule has 2 aromatic heterocycles. The van der Waals surface area contributed by atoms with E-state index in [0.29, 0.717) is 21.7 Å². The van der Waals surface area contributed by atoms with Crippen LogP contribution in [-0.4, -0.2) is 35.9 Å². The number of ketones is 1. The van der Waals surface area contributed by atoms with Crippen LogP contribution in [0.2, 0.25) is 0 Å². The summed E-state index contributed by atoms with van der Waals surface area (Å²) in [6, 6.07) is 1.89. The number of carbonyl (C=O) groups is 3. The van der Waals surface area contributed by atoms with Gasteiger partial charge in [0.25, 0.3) is 0 Å². The summed E-state index contributed by atoms with van der Waals surface area (Å²) in [5.41, 5.74) is 2.87. The van der Waals surface area contributed by atoms with E-state index in [4.69, 9.17) is 9.47 Å². The van der Waals surface area contributed by atoms with Crippen molar-refractivity contribution in [3.8, 4) is 0 Å². The minimum Gasteiger partial charge on any atom is -0.465 e. The van der Waals surface area contributed by atoms with Gasteiger partial charge in [-0.1, -0.05) is 0 Å². The molecule has 0 aromatic carbocycles. The van der Waals surface area contributed by atoms with Crippen LogP contribution in [0.4, 0.5) is 0 Å². The summed E-state index contributed by atoms with van der Waals surface area (Å²) < 4.78 is 10.2. The number of aryl methyl sites for hydroxylation is 3. The second-order valence-corrected chi connectivity index (χ2v) is 7.93.